The molecule has 2 rings (SSSR count). The zero-order chi connectivity index (χ0) is 15.8. The molecule has 1 saturated heterocycles. The van der Waals surface area contributed by atoms with Crippen molar-refractivity contribution in [1.82, 2.24) is 4.90 Å². The minimum absolute atomic E-state index is 0.128. The molecular weight excluding hydrogens is 422 g/mol. The topological polar surface area (TPSA) is 46.6 Å². The van der Waals surface area contributed by atoms with Crippen LogP contribution in [0.1, 0.15) is 44.0 Å². The van der Waals surface area contributed by atoms with Crippen LogP contribution in [0.15, 0.2) is 13.6 Å². The number of thiophene rings is 1. The third-order valence-corrected chi connectivity index (χ3v) is 5.42. The number of carbonyl (C=O) groups excluding carboxylic acids is 2. The highest BCUT2D eigenvalue weighted by molar-refractivity contribution is 9.12. The lowest BCUT2D eigenvalue weighted by atomic mass is 10.1. The van der Waals surface area contributed by atoms with Crippen molar-refractivity contribution in [1.29, 1.82) is 0 Å². The van der Waals surface area contributed by atoms with Crippen molar-refractivity contribution < 1.29 is 14.3 Å². The molecule has 1 amide bonds. The first-order chi connectivity index (χ1) is 9.69. The van der Waals surface area contributed by atoms with Crippen molar-refractivity contribution >= 4 is 55.1 Å². The summed E-state index contributed by atoms with van der Waals surface area (Å²) < 4.78 is 7.07. The van der Waals surface area contributed by atoms with E-state index in [0.29, 0.717) is 18.5 Å². The van der Waals surface area contributed by atoms with Crippen LogP contribution < -0.4 is 0 Å². The van der Waals surface area contributed by atoms with Crippen molar-refractivity contribution in [2.75, 3.05) is 6.54 Å². The van der Waals surface area contributed by atoms with Crippen molar-refractivity contribution in [3.05, 3.63) is 19.2 Å². The second kappa shape index (κ2) is 6.38. The molecule has 0 spiro atoms. The highest BCUT2D eigenvalue weighted by Gasteiger charge is 2.38. The average molecular weight is 439 g/mol. The number of hydrogen-bond acceptors (Lipinski definition) is 4. The predicted molar refractivity (Wildman–Crippen MR) is 89.6 cm³/mol. The molecule has 1 fully saturated rings. The van der Waals surface area contributed by atoms with Gasteiger partial charge in [-0.25, -0.2) is 4.79 Å². The van der Waals surface area contributed by atoms with E-state index in [-0.39, 0.29) is 11.9 Å². The monoisotopic (exact) mass is 437 g/mol. The molecule has 1 aromatic heterocycles. The number of carbonyl (C=O) groups is 2. The van der Waals surface area contributed by atoms with Crippen LogP contribution in [0.5, 0.6) is 0 Å². The fourth-order valence-corrected chi connectivity index (χ4v) is 5.04. The maximum absolute atomic E-state index is 12.6. The fourth-order valence-electron chi connectivity index (χ4n) is 2.27. The first-order valence-corrected chi connectivity index (χ1v) is 9.08. The highest BCUT2D eigenvalue weighted by Crippen LogP contribution is 2.34. The average Bonchev–Trinajstić information content (AvgIpc) is 2.92. The van der Waals surface area contributed by atoms with Gasteiger partial charge >= 0.3 is 5.97 Å². The van der Waals surface area contributed by atoms with Crippen molar-refractivity contribution in [2.24, 2.45) is 0 Å². The van der Waals surface area contributed by atoms with E-state index in [1.165, 1.54) is 11.3 Å². The number of hydrogen-bond donors (Lipinski definition) is 0. The highest BCUT2D eigenvalue weighted by atomic mass is 79.9. The van der Waals surface area contributed by atoms with E-state index in [1.807, 2.05) is 20.8 Å². The molecule has 0 unspecified atom stereocenters. The number of ether oxygens (including phenoxy) is 1. The molecule has 0 bridgehead atoms. The van der Waals surface area contributed by atoms with Gasteiger partial charge in [-0.05, 0) is 71.5 Å². The molecule has 21 heavy (non-hydrogen) atoms. The maximum atomic E-state index is 12.6. The van der Waals surface area contributed by atoms with Gasteiger partial charge in [-0.3, -0.25) is 4.79 Å². The molecule has 1 aliphatic rings. The molecule has 116 valence electrons. The first kappa shape index (κ1) is 17.0. The molecule has 0 radical (unpaired) electrons. The molecule has 0 aliphatic carbocycles. The lowest BCUT2D eigenvalue weighted by Crippen LogP contribution is -2.43. The Morgan fingerprint density at radius 2 is 2.05 bits per heavy atom. The number of amides is 1. The van der Waals surface area contributed by atoms with Gasteiger partial charge < -0.3 is 9.64 Å². The van der Waals surface area contributed by atoms with E-state index < -0.39 is 11.6 Å². The zero-order valence-corrected chi connectivity index (χ0v) is 16.1. The number of likely N-dealkylation sites (tertiary alicyclic amines) is 1. The Kier molecular flexibility index (Phi) is 5.15. The van der Waals surface area contributed by atoms with Gasteiger partial charge in [-0.1, -0.05) is 0 Å². The Hall–Kier alpha value is -0.400. The van der Waals surface area contributed by atoms with Crippen LogP contribution in [0.25, 0.3) is 0 Å². The zero-order valence-electron chi connectivity index (χ0n) is 12.1. The molecule has 2 heterocycles. The molecule has 1 aromatic rings. The molecule has 4 nitrogen and oxygen atoms in total. The van der Waals surface area contributed by atoms with Crippen LogP contribution in [0, 0.1) is 0 Å². The normalized spacial score (nSPS) is 18.9. The van der Waals surface area contributed by atoms with Crippen LogP contribution in [0.2, 0.25) is 0 Å². The Morgan fingerprint density at radius 1 is 1.38 bits per heavy atom. The summed E-state index contributed by atoms with van der Waals surface area (Å²) in [6.07, 6.45) is 1.47. The molecular formula is C14H17Br2NO3S. The molecule has 0 N–H and O–H groups in total. The molecule has 1 atom stereocenters. The van der Waals surface area contributed by atoms with Gasteiger partial charge in [0.05, 0.1) is 13.1 Å². The van der Waals surface area contributed by atoms with E-state index in [0.717, 1.165) is 14.0 Å². The van der Waals surface area contributed by atoms with Gasteiger partial charge in [0.2, 0.25) is 0 Å². The van der Waals surface area contributed by atoms with Gasteiger partial charge in [-0.15, -0.1) is 11.3 Å². The minimum atomic E-state index is -0.541. The summed E-state index contributed by atoms with van der Waals surface area (Å²) >= 11 is 8.21. The van der Waals surface area contributed by atoms with Crippen LogP contribution in [-0.2, 0) is 9.53 Å². The fraction of sp³-hybridized carbons (Fsp3) is 0.571. The lowest BCUT2D eigenvalue weighted by Gasteiger charge is -2.27. The van der Waals surface area contributed by atoms with Gasteiger partial charge in [0.25, 0.3) is 5.91 Å². The van der Waals surface area contributed by atoms with Crippen molar-refractivity contribution in [3.63, 3.8) is 0 Å². The number of rotatable bonds is 2. The van der Waals surface area contributed by atoms with Crippen LogP contribution in [0.4, 0.5) is 0 Å². The smallest absolute Gasteiger partial charge is 0.329 e. The van der Waals surface area contributed by atoms with Crippen molar-refractivity contribution in [2.45, 2.75) is 45.3 Å². The third kappa shape index (κ3) is 4.07. The van der Waals surface area contributed by atoms with Crippen LogP contribution >= 0.6 is 43.2 Å². The Morgan fingerprint density at radius 3 is 2.57 bits per heavy atom. The summed E-state index contributed by atoms with van der Waals surface area (Å²) in [6.45, 7) is 6.08. The van der Waals surface area contributed by atoms with Gasteiger partial charge in [0.1, 0.15) is 11.6 Å². The predicted octanol–water partition coefficient (Wildman–Crippen LogP) is 4.22. The van der Waals surface area contributed by atoms with E-state index in [9.17, 15) is 9.59 Å². The minimum Gasteiger partial charge on any atom is -0.458 e. The molecule has 1 aliphatic heterocycles. The maximum Gasteiger partial charge on any atom is 0.329 e. The summed E-state index contributed by atoms with van der Waals surface area (Å²) in [5.74, 6) is -0.448. The van der Waals surface area contributed by atoms with Gasteiger partial charge in [-0.2, -0.15) is 0 Å². The summed E-state index contributed by atoms with van der Waals surface area (Å²) in [4.78, 5) is 26.5. The van der Waals surface area contributed by atoms with Gasteiger partial charge in [0, 0.05) is 6.54 Å². The lowest BCUT2D eigenvalue weighted by molar-refractivity contribution is -0.159. The number of nitrogens with zero attached hydrogens (tertiary/aromatic N) is 1. The second-order valence-electron chi connectivity index (χ2n) is 5.93. The second-order valence-corrected chi connectivity index (χ2v) is 9.68. The van der Waals surface area contributed by atoms with Crippen LogP contribution in [-0.4, -0.2) is 35.0 Å². The van der Waals surface area contributed by atoms with E-state index in [1.54, 1.807) is 11.0 Å². The Balaban J connectivity index is 2.17. The molecule has 0 aromatic carbocycles. The first-order valence-electron chi connectivity index (χ1n) is 6.68. The Labute approximate surface area is 145 Å². The SMILES string of the molecule is CC(C)(C)OC(=O)[C@H]1CCCN1C(=O)c1cc(Br)sc1Br. The molecule has 7 heteroatoms. The standard InChI is InChI=1S/C14H17Br2NO3S/c1-14(2,3)20-13(19)9-5-4-6-17(9)12(18)8-7-10(15)21-11(8)16/h7,9H,4-6H2,1-3H3/t9-/m1/s1. The van der Waals surface area contributed by atoms with Gasteiger partial charge in [0.15, 0.2) is 0 Å². The summed E-state index contributed by atoms with van der Waals surface area (Å²) in [7, 11) is 0. The quantitative estimate of drug-likeness (QED) is 0.649. The number of halogens is 2. The van der Waals surface area contributed by atoms with E-state index >= 15 is 0 Å². The largest absolute Gasteiger partial charge is 0.458 e. The summed E-state index contributed by atoms with van der Waals surface area (Å²) in [6, 6.07) is 1.30. The van der Waals surface area contributed by atoms with E-state index in [4.69, 9.17) is 4.74 Å². The molecule has 0 saturated carbocycles. The van der Waals surface area contributed by atoms with Crippen molar-refractivity contribution in [3.8, 4) is 0 Å². The van der Waals surface area contributed by atoms with Crippen LogP contribution in [0.3, 0.4) is 0 Å². The summed E-state index contributed by atoms with van der Waals surface area (Å²) in [5, 5.41) is 0. The number of esters is 1. The summed E-state index contributed by atoms with van der Waals surface area (Å²) in [5.41, 5.74) is 0.0442. The van der Waals surface area contributed by atoms with E-state index in [2.05, 4.69) is 31.9 Å². The Bertz CT molecular complexity index is 565. The third-order valence-electron chi connectivity index (χ3n) is 3.08.